The molecule has 1 aliphatic heterocycles. The fraction of sp³-hybridized carbons (Fsp3) is 0.962. The van der Waals surface area contributed by atoms with Gasteiger partial charge in [-0.25, -0.2) is 0 Å². The van der Waals surface area contributed by atoms with E-state index in [-0.39, 0.29) is 0 Å². The molecule has 0 bridgehead atoms. The number of nitrogens with one attached hydrogen (secondary N) is 2. The third kappa shape index (κ3) is 7.89. The van der Waals surface area contributed by atoms with Gasteiger partial charge in [-0.3, -0.25) is 4.79 Å². The molecule has 1 unspecified atom stereocenters. The molecule has 0 aromatic carbocycles. The summed E-state index contributed by atoms with van der Waals surface area (Å²) in [5, 5.41) is 7.32. The minimum absolute atomic E-state index is 0.328. The molecule has 1 saturated heterocycles. The molecule has 3 nitrogen and oxygen atoms in total. The molecular weight excluding hydrogens is 356 g/mol. The summed E-state index contributed by atoms with van der Waals surface area (Å²) in [6, 6.07) is 0.430. The maximum Gasteiger partial charge on any atom is 0.220 e. The van der Waals surface area contributed by atoms with Gasteiger partial charge in [0.15, 0.2) is 0 Å². The molecule has 1 amide bonds. The predicted octanol–water partition coefficient (Wildman–Crippen LogP) is 6.36. The number of amides is 1. The monoisotopic (exact) mass is 404 g/mol. The zero-order chi connectivity index (χ0) is 20.7. The Kier molecular flexibility index (Phi) is 8.48. The van der Waals surface area contributed by atoms with Gasteiger partial charge in [-0.05, 0) is 81.6 Å². The molecule has 3 fully saturated rings. The molecule has 2 aliphatic carbocycles. The van der Waals surface area contributed by atoms with Crippen molar-refractivity contribution in [2.75, 3.05) is 6.54 Å². The summed E-state index contributed by atoms with van der Waals surface area (Å²) >= 11 is 0. The first-order valence-corrected chi connectivity index (χ1v) is 12.9. The maximum absolute atomic E-state index is 12.8. The van der Waals surface area contributed by atoms with E-state index in [1.165, 1.54) is 96.3 Å². The van der Waals surface area contributed by atoms with E-state index in [2.05, 4.69) is 31.4 Å². The largest absolute Gasteiger partial charge is 0.353 e. The average molecular weight is 405 g/mol. The van der Waals surface area contributed by atoms with Crippen LogP contribution in [0.15, 0.2) is 0 Å². The molecule has 0 aromatic heterocycles. The lowest BCUT2D eigenvalue weighted by atomic mass is 9.74. The predicted molar refractivity (Wildman–Crippen MR) is 123 cm³/mol. The van der Waals surface area contributed by atoms with Crippen molar-refractivity contribution < 1.29 is 4.79 Å². The molecule has 1 atom stereocenters. The highest BCUT2D eigenvalue weighted by Gasteiger charge is 2.36. The van der Waals surface area contributed by atoms with Crippen molar-refractivity contribution >= 4 is 5.91 Å². The molecule has 29 heavy (non-hydrogen) atoms. The van der Waals surface area contributed by atoms with Gasteiger partial charge in [0.05, 0.1) is 0 Å². The third-order valence-corrected chi connectivity index (χ3v) is 7.88. The summed E-state index contributed by atoms with van der Waals surface area (Å²) in [6.07, 6.45) is 20.4. The second-order valence-corrected chi connectivity index (χ2v) is 11.9. The second kappa shape index (κ2) is 10.6. The summed E-state index contributed by atoms with van der Waals surface area (Å²) in [5.41, 5.74) is 0.764. The van der Waals surface area contributed by atoms with E-state index < -0.39 is 0 Å². The van der Waals surface area contributed by atoms with Crippen molar-refractivity contribution in [3.63, 3.8) is 0 Å². The summed E-state index contributed by atoms with van der Waals surface area (Å²) in [4.78, 5) is 12.8. The van der Waals surface area contributed by atoms with E-state index in [4.69, 9.17) is 0 Å². The minimum atomic E-state index is 0.328. The van der Waals surface area contributed by atoms with Crippen LogP contribution in [0.2, 0.25) is 0 Å². The van der Waals surface area contributed by atoms with Gasteiger partial charge in [0.2, 0.25) is 5.91 Å². The molecular formula is C26H48N2O. The van der Waals surface area contributed by atoms with E-state index in [0.717, 1.165) is 18.9 Å². The fourth-order valence-electron chi connectivity index (χ4n) is 6.51. The molecule has 3 heteroatoms. The standard InChI is InChI=1S/C26H48N2O/c1-25(2,3)19-21-10-12-23(13-11-21)28-24(29)18-22-14-17-27-26(20-22)15-8-6-4-5-7-9-16-26/h21-23,27H,4-20H2,1-3H3,(H,28,29)/t21-,22?,23-. The van der Waals surface area contributed by atoms with Crippen molar-refractivity contribution in [1.82, 2.24) is 10.6 Å². The van der Waals surface area contributed by atoms with E-state index in [1.54, 1.807) is 0 Å². The molecule has 0 aromatic rings. The van der Waals surface area contributed by atoms with Crippen molar-refractivity contribution in [1.29, 1.82) is 0 Å². The molecule has 1 heterocycles. The van der Waals surface area contributed by atoms with Gasteiger partial charge in [-0.2, -0.15) is 0 Å². The number of piperidine rings is 1. The Morgan fingerprint density at radius 3 is 2.14 bits per heavy atom. The molecule has 2 saturated carbocycles. The van der Waals surface area contributed by atoms with Crippen molar-refractivity contribution in [2.45, 2.75) is 135 Å². The molecule has 2 N–H and O–H groups in total. The summed E-state index contributed by atoms with van der Waals surface area (Å²) < 4.78 is 0. The van der Waals surface area contributed by atoms with E-state index in [0.29, 0.717) is 28.8 Å². The van der Waals surface area contributed by atoms with Crippen LogP contribution in [0.25, 0.3) is 0 Å². The van der Waals surface area contributed by atoms with Crippen molar-refractivity contribution in [2.24, 2.45) is 17.3 Å². The highest BCUT2D eigenvalue weighted by atomic mass is 16.1. The lowest BCUT2D eigenvalue weighted by Crippen LogP contribution is -2.51. The zero-order valence-electron chi connectivity index (χ0n) is 19.7. The number of carbonyl (C=O) groups excluding carboxylic acids is 1. The smallest absolute Gasteiger partial charge is 0.220 e. The molecule has 3 rings (SSSR count). The second-order valence-electron chi connectivity index (χ2n) is 11.9. The van der Waals surface area contributed by atoms with Gasteiger partial charge in [0.1, 0.15) is 0 Å². The van der Waals surface area contributed by atoms with Gasteiger partial charge in [0, 0.05) is 18.0 Å². The van der Waals surface area contributed by atoms with Gasteiger partial charge < -0.3 is 10.6 Å². The van der Waals surface area contributed by atoms with Gasteiger partial charge >= 0.3 is 0 Å². The SMILES string of the molecule is CC(C)(C)C[C@H]1CC[C@H](NC(=O)CC2CCNC3(CCCCCCCC3)C2)CC1. The quantitative estimate of drug-likeness (QED) is 0.572. The van der Waals surface area contributed by atoms with Gasteiger partial charge in [-0.15, -0.1) is 0 Å². The van der Waals surface area contributed by atoms with Crippen LogP contribution >= 0.6 is 0 Å². The molecule has 168 valence electrons. The van der Waals surface area contributed by atoms with E-state index >= 15 is 0 Å². The highest BCUT2D eigenvalue weighted by molar-refractivity contribution is 5.76. The Hall–Kier alpha value is -0.570. The van der Waals surface area contributed by atoms with Crippen LogP contribution in [0, 0.1) is 17.3 Å². The Morgan fingerprint density at radius 2 is 1.52 bits per heavy atom. The third-order valence-electron chi connectivity index (χ3n) is 7.88. The Balaban J connectivity index is 1.42. The van der Waals surface area contributed by atoms with Crippen LogP contribution in [0.4, 0.5) is 0 Å². The van der Waals surface area contributed by atoms with Crippen LogP contribution in [-0.2, 0) is 4.79 Å². The zero-order valence-corrected chi connectivity index (χ0v) is 19.7. The van der Waals surface area contributed by atoms with Crippen LogP contribution in [0.1, 0.15) is 124 Å². The van der Waals surface area contributed by atoms with Gasteiger partial charge in [-0.1, -0.05) is 59.3 Å². The molecule has 0 radical (unpaired) electrons. The summed E-state index contributed by atoms with van der Waals surface area (Å²) in [6.45, 7) is 8.16. The van der Waals surface area contributed by atoms with Crippen molar-refractivity contribution in [3.8, 4) is 0 Å². The van der Waals surface area contributed by atoms with Crippen LogP contribution < -0.4 is 10.6 Å². The average Bonchev–Trinajstić information content (AvgIpc) is 2.75. The first kappa shape index (κ1) is 23.1. The number of carbonyl (C=O) groups is 1. The summed E-state index contributed by atoms with van der Waals surface area (Å²) in [5.74, 6) is 1.76. The normalized spacial score (nSPS) is 31.5. The van der Waals surface area contributed by atoms with E-state index in [1.807, 2.05) is 0 Å². The van der Waals surface area contributed by atoms with Crippen molar-refractivity contribution in [3.05, 3.63) is 0 Å². The lowest BCUT2D eigenvalue weighted by Gasteiger charge is -2.42. The number of hydrogen-bond donors (Lipinski definition) is 2. The first-order chi connectivity index (χ1) is 13.8. The maximum atomic E-state index is 12.8. The summed E-state index contributed by atoms with van der Waals surface area (Å²) in [7, 11) is 0. The first-order valence-electron chi connectivity index (χ1n) is 12.9. The van der Waals surface area contributed by atoms with Crippen LogP contribution in [0.5, 0.6) is 0 Å². The Bertz CT molecular complexity index is 491. The van der Waals surface area contributed by atoms with Crippen LogP contribution in [-0.4, -0.2) is 24.0 Å². The highest BCUT2D eigenvalue weighted by Crippen LogP contribution is 2.37. The molecule has 3 aliphatic rings. The van der Waals surface area contributed by atoms with E-state index in [9.17, 15) is 4.79 Å². The minimum Gasteiger partial charge on any atom is -0.353 e. The van der Waals surface area contributed by atoms with Crippen LogP contribution in [0.3, 0.4) is 0 Å². The Morgan fingerprint density at radius 1 is 0.897 bits per heavy atom. The number of rotatable bonds is 4. The lowest BCUT2D eigenvalue weighted by molar-refractivity contribution is -0.123. The molecule has 1 spiro atoms. The number of hydrogen-bond acceptors (Lipinski definition) is 2. The fourth-order valence-corrected chi connectivity index (χ4v) is 6.51. The topological polar surface area (TPSA) is 41.1 Å². The van der Waals surface area contributed by atoms with Gasteiger partial charge in [0.25, 0.3) is 0 Å². The Labute approximate surface area is 180 Å².